The van der Waals surface area contributed by atoms with Gasteiger partial charge in [-0.3, -0.25) is 9.59 Å². The number of alkyl halides is 3. The minimum Gasteiger partial charge on any atom is -0.483 e. The third-order valence-corrected chi connectivity index (χ3v) is 3.23. The summed E-state index contributed by atoms with van der Waals surface area (Å²) in [5, 5.41) is 18.3. The van der Waals surface area contributed by atoms with Crippen LogP contribution in [0.15, 0.2) is 36.8 Å². The lowest BCUT2D eigenvalue weighted by atomic mass is 10.1. The van der Waals surface area contributed by atoms with Crippen LogP contribution in [0, 0.1) is 0 Å². The Morgan fingerprint density at radius 3 is 2.52 bits per heavy atom. The third kappa shape index (κ3) is 7.59. The van der Waals surface area contributed by atoms with Gasteiger partial charge < -0.3 is 20.5 Å². The summed E-state index contributed by atoms with van der Waals surface area (Å²) in [5.74, 6) is -1.93. The Morgan fingerprint density at radius 2 is 2.00 bits per heavy atom. The largest absolute Gasteiger partial charge is 0.483 e. The van der Waals surface area contributed by atoms with Crippen LogP contribution in [0.1, 0.15) is 16.8 Å². The van der Waals surface area contributed by atoms with Crippen LogP contribution in [-0.2, 0) is 33.4 Å². The molecule has 0 aliphatic carbocycles. The van der Waals surface area contributed by atoms with Gasteiger partial charge in [0.2, 0.25) is 5.91 Å². The Balaban J connectivity index is 0.00000114. The van der Waals surface area contributed by atoms with Crippen LogP contribution in [0.25, 0.3) is 0 Å². The molecule has 0 aliphatic heterocycles. The monoisotopic (exact) mass is 387 g/mol. The maximum Gasteiger partial charge on any atom is 0.416 e. The van der Waals surface area contributed by atoms with Crippen LogP contribution in [0.4, 0.5) is 13.2 Å². The SMILES string of the molecule is O=C(Cc1cccc(C(F)(F)F)c1)N[C@@H](Cc1cnc[nH]1)C(=O)O.O=CO. The summed E-state index contributed by atoms with van der Waals surface area (Å²) in [6.07, 6.45) is -2.06. The fourth-order valence-electron chi connectivity index (χ4n) is 2.10. The number of carbonyl (C=O) groups is 3. The molecule has 146 valence electrons. The van der Waals surface area contributed by atoms with E-state index in [1.165, 1.54) is 24.7 Å². The van der Waals surface area contributed by atoms with Gasteiger partial charge in [0.25, 0.3) is 6.47 Å². The molecule has 1 aromatic heterocycles. The summed E-state index contributed by atoms with van der Waals surface area (Å²) < 4.78 is 37.9. The number of nitrogens with zero attached hydrogens (tertiary/aromatic N) is 1. The Hall–Kier alpha value is -3.37. The molecule has 27 heavy (non-hydrogen) atoms. The number of imidazole rings is 1. The maximum absolute atomic E-state index is 12.6. The molecule has 1 atom stereocenters. The van der Waals surface area contributed by atoms with Crippen molar-refractivity contribution in [2.45, 2.75) is 25.1 Å². The van der Waals surface area contributed by atoms with Crippen molar-refractivity contribution in [2.24, 2.45) is 0 Å². The van der Waals surface area contributed by atoms with Crippen LogP contribution in [0.2, 0.25) is 0 Å². The van der Waals surface area contributed by atoms with Gasteiger partial charge in [-0.05, 0) is 11.6 Å². The van der Waals surface area contributed by atoms with E-state index in [9.17, 15) is 22.8 Å². The predicted octanol–water partition coefficient (Wildman–Crippen LogP) is 1.48. The fraction of sp³-hybridized carbons (Fsp3) is 0.250. The molecular formula is C16H16F3N3O5. The van der Waals surface area contributed by atoms with Gasteiger partial charge in [0.15, 0.2) is 0 Å². The average molecular weight is 387 g/mol. The van der Waals surface area contributed by atoms with E-state index < -0.39 is 29.7 Å². The van der Waals surface area contributed by atoms with E-state index >= 15 is 0 Å². The number of aromatic amines is 1. The van der Waals surface area contributed by atoms with Crippen LogP contribution in [0.3, 0.4) is 0 Å². The molecule has 1 amide bonds. The highest BCUT2D eigenvalue weighted by Crippen LogP contribution is 2.29. The number of aliphatic carboxylic acids is 1. The highest BCUT2D eigenvalue weighted by atomic mass is 19.4. The molecule has 8 nitrogen and oxygen atoms in total. The lowest BCUT2D eigenvalue weighted by Gasteiger charge is -2.14. The Morgan fingerprint density at radius 1 is 1.33 bits per heavy atom. The zero-order chi connectivity index (χ0) is 20.4. The minimum absolute atomic E-state index is 0.0103. The zero-order valence-electron chi connectivity index (χ0n) is 13.7. The fourth-order valence-corrected chi connectivity index (χ4v) is 2.10. The summed E-state index contributed by atoms with van der Waals surface area (Å²) in [7, 11) is 0. The molecule has 2 rings (SSSR count). The van der Waals surface area contributed by atoms with E-state index in [1.54, 1.807) is 0 Å². The molecule has 4 N–H and O–H groups in total. The standard InChI is InChI=1S/C15H14F3N3O3.CH2O2/c16-15(17,18)10-3-1-2-9(4-10)5-13(22)21-12(14(23)24)6-11-7-19-8-20-11;2-1-3/h1-4,7-8,12H,5-6H2,(H,19,20)(H,21,22)(H,23,24);1H,(H,2,3)/t12-;/m0./s1. The van der Waals surface area contributed by atoms with Gasteiger partial charge in [0.1, 0.15) is 6.04 Å². The first-order chi connectivity index (χ1) is 12.7. The van der Waals surface area contributed by atoms with Crippen molar-refractivity contribution in [3.8, 4) is 0 Å². The predicted molar refractivity (Wildman–Crippen MR) is 85.7 cm³/mol. The van der Waals surface area contributed by atoms with Crippen molar-refractivity contribution >= 4 is 18.3 Å². The number of nitrogens with one attached hydrogen (secondary N) is 2. The average Bonchev–Trinajstić information content (AvgIpc) is 3.07. The molecule has 0 aliphatic rings. The number of carboxylic acid groups (broad SMARTS) is 2. The summed E-state index contributed by atoms with van der Waals surface area (Å²) in [5.41, 5.74) is -0.199. The van der Waals surface area contributed by atoms with Crippen LogP contribution in [-0.4, -0.2) is 44.6 Å². The maximum atomic E-state index is 12.6. The zero-order valence-corrected chi connectivity index (χ0v) is 13.7. The van der Waals surface area contributed by atoms with Gasteiger partial charge in [-0.25, -0.2) is 9.78 Å². The van der Waals surface area contributed by atoms with Gasteiger partial charge in [-0.1, -0.05) is 18.2 Å². The van der Waals surface area contributed by atoms with Gasteiger partial charge >= 0.3 is 12.1 Å². The number of carboxylic acids is 1. The van der Waals surface area contributed by atoms with Gasteiger partial charge in [-0.15, -0.1) is 0 Å². The number of amides is 1. The van der Waals surface area contributed by atoms with E-state index in [0.29, 0.717) is 5.69 Å². The quantitative estimate of drug-likeness (QED) is 0.555. The molecule has 1 aromatic carbocycles. The molecular weight excluding hydrogens is 371 g/mol. The summed E-state index contributed by atoms with van der Waals surface area (Å²) in [6.45, 7) is -0.250. The molecule has 0 spiro atoms. The smallest absolute Gasteiger partial charge is 0.416 e. The number of benzene rings is 1. The molecule has 1 heterocycles. The van der Waals surface area contributed by atoms with Crippen molar-refractivity contribution in [1.29, 1.82) is 0 Å². The highest BCUT2D eigenvalue weighted by molar-refractivity contribution is 5.85. The molecule has 0 fully saturated rings. The van der Waals surface area contributed by atoms with Crippen molar-refractivity contribution < 1.29 is 37.8 Å². The number of hydrogen-bond acceptors (Lipinski definition) is 4. The van der Waals surface area contributed by atoms with Crippen molar-refractivity contribution in [3.05, 3.63) is 53.6 Å². The molecule has 11 heteroatoms. The lowest BCUT2D eigenvalue weighted by Crippen LogP contribution is -2.43. The molecule has 2 aromatic rings. The number of H-pyrrole nitrogens is 1. The molecule has 0 saturated heterocycles. The number of halogens is 3. The van der Waals surface area contributed by atoms with E-state index in [2.05, 4.69) is 15.3 Å². The number of aromatic nitrogens is 2. The number of hydrogen-bond donors (Lipinski definition) is 4. The van der Waals surface area contributed by atoms with Crippen LogP contribution < -0.4 is 5.32 Å². The Kier molecular flexibility index (Phi) is 7.98. The second-order valence-electron chi connectivity index (χ2n) is 5.22. The molecule has 0 unspecified atom stereocenters. The molecule has 0 bridgehead atoms. The molecule has 0 saturated carbocycles. The van der Waals surface area contributed by atoms with E-state index in [4.69, 9.17) is 15.0 Å². The second kappa shape index (κ2) is 9.94. The highest BCUT2D eigenvalue weighted by Gasteiger charge is 2.30. The molecule has 0 radical (unpaired) electrons. The summed E-state index contributed by atoms with van der Waals surface area (Å²) in [4.78, 5) is 38.0. The van der Waals surface area contributed by atoms with Gasteiger partial charge in [-0.2, -0.15) is 13.2 Å². The lowest BCUT2D eigenvalue weighted by molar-refractivity contribution is -0.141. The summed E-state index contributed by atoms with van der Waals surface area (Å²) >= 11 is 0. The normalized spacial score (nSPS) is 11.7. The number of rotatable bonds is 6. The van der Waals surface area contributed by atoms with E-state index in [0.717, 1.165) is 12.1 Å². The van der Waals surface area contributed by atoms with Crippen molar-refractivity contribution in [3.63, 3.8) is 0 Å². The van der Waals surface area contributed by atoms with Gasteiger partial charge in [0, 0.05) is 18.3 Å². The van der Waals surface area contributed by atoms with Crippen molar-refractivity contribution in [1.82, 2.24) is 15.3 Å². The van der Waals surface area contributed by atoms with Gasteiger partial charge in [0.05, 0.1) is 18.3 Å². The first-order valence-electron chi connectivity index (χ1n) is 7.40. The van der Waals surface area contributed by atoms with Crippen LogP contribution >= 0.6 is 0 Å². The Labute approximate surface area is 151 Å². The topological polar surface area (TPSA) is 132 Å². The number of carbonyl (C=O) groups excluding carboxylic acids is 1. The Bertz CT molecular complexity index is 763. The van der Waals surface area contributed by atoms with E-state index in [1.807, 2.05) is 0 Å². The first-order valence-corrected chi connectivity index (χ1v) is 7.40. The second-order valence-corrected chi connectivity index (χ2v) is 5.22. The summed E-state index contributed by atoms with van der Waals surface area (Å²) in [6, 6.07) is 3.14. The van der Waals surface area contributed by atoms with Crippen molar-refractivity contribution in [2.75, 3.05) is 0 Å². The minimum atomic E-state index is -4.50. The first kappa shape index (κ1) is 21.7. The van der Waals surface area contributed by atoms with Crippen LogP contribution in [0.5, 0.6) is 0 Å². The van der Waals surface area contributed by atoms with E-state index in [-0.39, 0.29) is 24.9 Å². The third-order valence-electron chi connectivity index (χ3n) is 3.23.